The third kappa shape index (κ3) is 7.01. The number of carbonyl (C=O) groups excluding carboxylic acids is 3. The molecule has 0 bridgehead atoms. The van der Waals surface area contributed by atoms with E-state index >= 15 is 0 Å². The van der Waals surface area contributed by atoms with Gasteiger partial charge in [0.15, 0.2) is 18.1 Å². The quantitative estimate of drug-likeness (QED) is 0.536. The predicted octanol–water partition coefficient (Wildman–Crippen LogP) is 3.44. The van der Waals surface area contributed by atoms with Gasteiger partial charge in [0, 0.05) is 12.2 Å². The van der Waals surface area contributed by atoms with Crippen molar-refractivity contribution in [2.75, 3.05) is 38.7 Å². The van der Waals surface area contributed by atoms with E-state index in [1.165, 1.54) is 18.1 Å². The topological polar surface area (TPSA) is 94.2 Å². The molecule has 0 saturated heterocycles. The van der Waals surface area contributed by atoms with Crippen molar-refractivity contribution < 1.29 is 28.6 Å². The van der Waals surface area contributed by atoms with E-state index in [0.717, 1.165) is 5.56 Å². The van der Waals surface area contributed by atoms with Crippen LogP contribution in [0, 0.1) is 6.92 Å². The Bertz CT molecular complexity index is 944. The summed E-state index contributed by atoms with van der Waals surface area (Å²) in [6, 6.07) is 12.0. The average Bonchev–Trinajstić information content (AvgIpc) is 2.79. The van der Waals surface area contributed by atoms with Gasteiger partial charge < -0.3 is 24.4 Å². The number of amides is 2. The van der Waals surface area contributed by atoms with Gasteiger partial charge >= 0.3 is 5.97 Å². The fourth-order valence-corrected chi connectivity index (χ4v) is 3.01. The Hall–Kier alpha value is -3.55. The van der Waals surface area contributed by atoms with E-state index in [9.17, 15) is 14.4 Å². The van der Waals surface area contributed by atoms with E-state index in [0.29, 0.717) is 36.8 Å². The summed E-state index contributed by atoms with van der Waals surface area (Å²) in [7, 11) is 1.47. The van der Waals surface area contributed by atoms with Crippen molar-refractivity contribution >= 4 is 23.5 Å². The molecule has 0 fully saturated rings. The van der Waals surface area contributed by atoms with E-state index in [-0.39, 0.29) is 18.0 Å². The van der Waals surface area contributed by atoms with Crippen LogP contribution in [0.1, 0.15) is 36.2 Å². The van der Waals surface area contributed by atoms with Gasteiger partial charge in [-0.3, -0.25) is 9.59 Å². The minimum Gasteiger partial charge on any atom is -0.493 e. The summed E-state index contributed by atoms with van der Waals surface area (Å²) in [6.45, 7) is 5.86. The molecule has 2 amide bonds. The molecular weight excluding hydrogens is 412 g/mol. The lowest BCUT2D eigenvalue weighted by Gasteiger charge is -2.21. The number of anilines is 1. The number of hydrogen-bond donors (Lipinski definition) is 1. The summed E-state index contributed by atoms with van der Waals surface area (Å²) in [6.07, 6.45) is 0.660. The lowest BCUT2D eigenvalue weighted by molar-refractivity contribution is -0.137. The van der Waals surface area contributed by atoms with Crippen LogP contribution in [0.4, 0.5) is 5.69 Å². The van der Waals surface area contributed by atoms with Crippen molar-refractivity contribution in [1.29, 1.82) is 0 Å². The van der Waals surface area contributed by atoms with Crippen molar-refractivity contribution in [3.8, 4) is 11.5 Å². The molecule has 172 valence electrons. The molecule has 32 heavy (non-hydrogen) atoms. The maximum absolute atomic E-state index is 12.6. The van der Waals surface area contributed by atoms with Crippen molar-refractivity contribution in [1.82, 2.24) is 4.90 Å². The molecule has 0 aliphatic heterocycles. The zero-order valence-electron chi connectivity index (χ0n) is 19.0. The fourth-order valence-electron chi connectivity index (χ4n) is 3.01. The molecular formula is C24H30N2O6. The highest BCUT2D eigenvalue weighted by Crippen LogP contribution is 2.28. The molecule has 0 atom stereocenters. The summed E-state index contributed by atoms with van der Waals surface area (Å²) in [5.41, 5.74) is 1.85. The van der Waals surface area contributed by atoms with E-state index < -0.39 is 18.5 Å². The first-order valence-electron chi connectivity index (χ1n) is 10.5. The molecule has 2 aromatic carbocycles. The van der Waals surface area contributed by atoms with Crippen LogP contribution < -0.4 is 14.8 Å². The van der Waals surface area contributed by atoms with E-state index in [2.05, 4.69) is 5.32 Å². The average molecular weight is 443 g/mol. The molecule has 2 aromatic rings. The van der Waals surface area contributed by atoms with Crippen LogP contribution in [-0.4, -0.2) is 56.1 Å². The smallest absolute Gasteiger partial charge is 0.338 e. The van der Waals surface area contributed by atoms with Gasteiger partial charge in [-0.05, 0) is 50.1 Å². The van der Waals surface area contributed by atoms with Gasteiger partial charge in [0.05, 0.1) is 25.8 Å². The molecule has 8 heteroatoms. The molecule has 0 unspecified atom stereocenters. The first-order chi connectivity index (χ1) is 15.4. The number of para-hydroxylation sites is 1. The van der Waals surface area contributed by atoms with Gasteiger partial charge in [0.1, 0.15) is 0 Å². The summed E-state index contributed by atoms with van der Waals surface area (Å²) in [5.74, 6) is -0.522. The van der Waals surface area contributed by atoms with Gasteiger partial charge in [0.25, 0.3) is 5.91 Å². The Morgan fingerprint density at radius 1 is 1.03 bits per heavy atom. The predicted molar refractivity (Wildman–Crippen MR) is 121 cm³/mol. The van der Waals surface area contributed by atoms with Gasteiger partial charge in [-0.2, -0.15) is 0 Å². The fraction of sp³-hybridized carbons (Fsp3) is 0.375. The van der Waals surface area contributed by atoms with Gasteiger partial charge in [0.2, 0.25) is 5.91 Å². The monoisotopic (exact) mass is 442 g/mol. The zero-order chi connectivity index (χ0) is 23.5. The first-order valence-corrected chi connectivity index (χ1v) is 10.5. The SMILES string of the molecule is CCCN(CC(=O)Nc1ccccc1C)C(=O)COC(=O)c1ccc(OCC)c(OC)c1. The summed E-state index contributed by atoms with van der Waals surface area (Å²) < 4.78 is 15.8. The number of hydrogen-bond acceptors (Lipinski definition) is 6. The number of carbonyl (C=O) groups is 3. The molecule has 0 aliphatic rings. The number of nitrogens with zero attached hydrogens (tertiary/aromatic N) is 1. The summed E-state index contributed by atoms with van der Waals surface area (Å²) in [5, 5.41) is 2.81. The molecule has 0 heterocycles. The summed E-state index contributed by atoms with van der Waals surface area (Å²) >= 11 is 0. The van der Waals surface area contributed by atoms with E-state index in [1.54, 1.807) is 18.2 Å². The maximum atomic E-state index is 12.6. The lowest BCUT2D eigenvalue weighted by Crippen LogP contribution is -2.40. The van der Waals surface area contributed by atoms with Crippen LogP contribution in [0.15, 0.2) is 42.5 Å². The third-order valence-electron chi connectivity index (χ3n) is 4.63. The van der Waals surface area contributed by atoms with Gasteiger partial charge in [-0.25, -0.2) is 4.79 Å². The second-order valence-electron chi connectivity index (χ2n) is 7.05. The second-order valence-corrected chi connectivity index (χ2v) is 7.05. The van der Waals surface area contributed by atoms with Crippen LogP contribution in [0.25, 0.3) is 0 Å². The zero-order valence-corrected chi connectivity index (χ0v) is 19.0. The van der Waals surface area contributed by atoms with Crippen LogP contribution in [0.2, 0.25) is 0 Å². The second kappa shape index (κ2) is 12.3. The van der Waals surface area contributed by atoms with E-state index in [4.69, 9.17) is 14.2 Å². The minimum atomic E-state index is -0.666. The number of nitrogens with one attached hydrogen (secondary N) is 1. The number of methoxy groups -OCH3 is 1. The number of esters is 1. The molecule has 8 nitrogen and oxygen atoms in total. The number of aryl methyl sites for hydroxylation is 1. The maximum Gasteiger partial charge on any atom is 0.338 e. The van der Waals surface area contributed by atoms with Gasteiger partial charge in [-0.1, -0.05) is 25.1 Å². The Morgan fingerprint density at radius 3 is 2.44 bits per heavy atom. The number of ether oxygens (including phenoxy) is 3. The molecule has 2 rings (SSSR count). The Balaban J connectivity index is 1.96. The lowest BCUT2D eigenvalue weighted by atomic mass is 10.2. The van der Waals surface area contributed by atoms with Crippen molar-refractivity contribution in [2.24, 2.45) is 0 Å². The number of rotatable bonds is 11. The molecule has 0 radical (unpaired) electrons. The largest absolute Gasteiger partial charge is 0.493 e. The molecule has 1 N–H and O–H groups in total. The summed E-state index contributed by atoms with van der Waals surface area (Å²) in [4.78, 5) is 38.8. The standard InChI is InChI=1S/C24H30N2O6/c1-5-13-26(15-22(27)25-19-10-8-7-9-17(19)3)23(28)16-32-24(29)18-11-12-20(31-6-2)21(14-18)30-4/h7-12,14H,5-6,13,15-16H2,1-4H3,(H,25,27). The minimum absolute atomic E-state index is 0.130. The highest BCUT2D eigenvalue weighted by Gasteiger charge is 2.20. The van der Waals surface area contributed by atoms with Gasteiger partial charge in [-0.15, -0.1) is 0 Å². The van der Waals surface area contributed by atoms with Crippen LogP contribution in [0.5, 0.6) is 11.5 Å². The van der Waals surface area contributed by atoms with Crippen molar-refractivity contribution in [3.05, 3.63) is 53.6 Å². The molecule has 0 saturated carbocycles. The van der Waals surface area contributed by atoms with Crippen molar-refractivity contribution in [3.63, 3.8) is 0 Å². The Labute approximate surface area is 188 Å². The first kappa shape index (κ1) is 24.7. The molecule has 0 aromatic heterocycles. The van der Waals surface area contributed by atoms with Crippen LogP contribution in [0.3, 0.4) is 0 Å². The number of benzene rings is 2. The Morgan fingerprint density at radius 2 is 1.78 bits per heavy atom. The highest BCUT2D eigenvalue weighted by molar-refractivity contribution is 5.96. The van der Waals surface area contributed by atoms with Crippen molar-refractivity contribution in [2.45, 2.75) is 27.2 Å². The highest BCUT2D eigenvalue weighted by atomic mass is 16.5. The normalized spacial score (nSPS) is 10.2. The molecule has 0 spiro atoms. The van der Waals surface area contributed by atoms with E-state index in [1.807, 2.05) is 39.0 Å². The Kier molecular flexibility index (Phi) is 9.53. The van der Waals surface area contributed by atoms with Crippen LogP contribution >= 0.6 is 0 Å². The third-order valence-corrected chi connectivity index (χ3v) is 4.63. The van der Waals surface area contributed by atoms with Crippen LogP contribution in [-0.2, 0) is 14.3 Å². The molecule has 0 aliphatic carbocycles.